The highest BCUT2D eigenvalue weighted by molar-refractivity contribution is 5.93. The molecule has 3 amide bonds. The molecular weight excluding hydrogens is 274 g/mol. The van der Waals surface area contributed by atoms with Crippen LogP contribution in [0.15, 0.2) is 17.2 Å². The van der Waals surface area contributed by atoms with E-state index in [9.17, 15) is 14.4 Å². The second-order valence-corrected chi connectivity index (χ2v) is 4.93. The smallest absolute Gasteiger partial charge is 0.321 e. The summed E-state index contributed by atoms with van der Waals surface area (Å²) in [5, 5.41) is 5.09. The highest BCUT2D eigenvalue weighted by Gasteiger charge is 2.28. The molecule has 8 nitrogen and oxygen atoms in total. The van der Waals surface area contributed by atoms with Crippen molar-refractivity contribution in [2.75, 3.05) is 18.4 Å². The van der Waals surface area contributed by atoms with Crippen LogP contribution >= 0.6 is 0 Å². The van der Waals surface area contributed by atoms with Crippen LogP contribution < -0.4 is 16.2 Å². The van der Waals surface area contributed by atoms with Gasteiger partial charge < -0.3 is 14.8 Å². The van der Waals surface area contributed by atoms with Crippen LogP contribution in [-0.2, 0) is 11.8 Å². The zero-order valence-electron chi connectivity index (χ0n) is 12.1. The minimum absolute atomic E-state index is 0.0733. The summed E-state index contributed by atoms with van der Waals surface area (Å²) in [6.07, 6.45) is 2.80. The van der Waals surface area contributed by atoms with Crippen LogP contribution in [0.25, 0.3) is 0 Å². The molecule has 0 radical (unpaired) electrons. The monoisotopic (exact) mass is 293 g/mol. The molecule has 1 atom stereocenters. The molecule has 114 valence electrons. The molecule has 0 spiro atoms. The van der Waals surface area contributed by atoms with E-state index in [4.69, 9.17) is 0 Å². The minimum Gasteiger partial charge on any atom is -0.341 e. The van der Waals surface area contributed by atoms with Crippen molar-refractivity contribution in [2.45, 2.75) is 25.8 Å². The van der Waals surface area contributed by atoms with Gasteiger partial charge in [-0.05, 0) is 19.8 Å². The Kier molecular flexibility index (Phi) is 4.56. The molecule has 1 aromatic heterocycles. The number of urea groups is 1. The number of carbonyl (C=O) groups is 2. The van der Waals surface area contributed by atoms with E-state index in [1.54, 1.807) is 11.9 Å². The number of nitrogens with zero attached hydrogens (tertiary/aromatic N) is 3. The van der Waals surface area contributed by atoms with Crippen molar-refractivity contribution in [3.05, 3.63) is 22.7 Å². The Morgan fingerprint density at radius 3 is 2.90 bits per heavy atom. The number of aromatic nitrogens is 2. The average molecular weight is 293 g/mol. The normalized spacial score (nSPS) is 18.5. The molecule has 2 N–H and O–H groups in total. The average Bonchev–Trinajstić information content (AvgIpc) is 2.45. The van der Waals surface area contributed by atoms with Crippen molar-refractivity contribution >= 4 is 17.8 Å². The lowest BCUT2D eigenvalue weighted by molar-refractivity contribution is -0.135. The lowest BCUT2D eigenvalue weighted by Gasteiger charge is -2.31. The number of likely N-dealkylation sites (tertiary alicyclic amines) is 1. The number of hydrogen-bond acceptors (Lipinski definition) is 4. The van der Waals surface area contributed by atoms with Gasteiger partial charge in [-0.1, -0.05) is 0 Å². The lowest BCUT2D eigenvalue weighted by Crippen LogP contribution is -2.53. The molecule has 2 heterocycles. The Balaban J connectivity index is 1.96. The maximum Gasteiger partial charge on any atom is 0.321 e. The number of hydrogen-bond donors (Lipinski definition) is 2. The Labute approximate surface area is 122 Å². The van der Waals surface area contributed by atoms with E-state index in [-0.39, 0.29) is 17.3 Å². The van der Waals surface area contributed by atoms with Crippen LogP contribution in [0.4, 0.5) is 10.6 Å². The van der Waals surface area contributed by atoms with Crippen LogP contribution in [-0.4, -0.2) is 45.5 Å². The minimum atomic E-state index is -0.535. The first kappa shape index (κ1) is 15.0. The summed E-state index contributed by atoms with van der Waals surface area (Å²) in [5.41, 5.74) is -0.272. The van der Waals surface area contributed by atoms with Crippen molar-refractivity contribution in [2.24, 2.45) is 7.05 Å². The summed E-state index contributed by atoms with van der Waals surface area (Å²) >= 11 is 0. The van der Waals surface area contributed by atoms with E-state index >= 15 is 0 Å². The maximum absolute atomic E-state index is 12.1. The second kappa shape index (κ2) is 6.38. The summed E-state index contributed by atoms with van der Waals surface area (Å²) in [6.45, 7) is 3.27. The van der Waals surface area contributed by atoms with Crippen molar-refractivity contribution < 1.29 is 9.59 Å². The summed E-state index contributed by atoms with van der Waals surface area (Å²) in [4.78, 5) is 41.0. The summed E-state index contributed by atoms with van der Waals surface area (Å²) in [6, 6.07) is 0.165. The van der Waals surface area contributed by atoms with Crippen LogP contribution in [0.1, 0.15) is 19.8 Å². The lowest BCUT2D eigenvalue weighted by atomic mass is 10.1. The first-order valence-electron chi connectivity index (χ1n) is 6.90. The van der Waals surface area contributed by atoms with Gasteiger partial charge in [0.15, 0.2) is 0 Å². The third kappa shape index (κ3) is 3.59. The summed E-state index contributed by atoms with van der Waals surface area (Å²) in [7, 11) is 1.57. The van der Waals surface area contributed by atoms with Gasteiger partial charge in [0.25, 0.3) is 5.56 Å². The zero-order valence-corrected chi connectivity index (χ0v) is 12.1. The number of amides is 3. The van der Waals surface area contributed by atoms with Gasteiger partial charge in [-0.15, -0.1) is 0 Å². The number of likely N-dealkylation sites (N-methyl/N-ethyl adjacent to an activating group) is 1. The highest BCUT2D eigenvalue weighted by Crippen LogP contribution is 2.11. The van der Waals surface area contributed by atoms with Gasteiger partial charge in [-0.3, -0.25) is 14.9 Å². The standard InChI is InChI=1S/C13H19N5O3/c1-3-18-6-4-5-9(12(18)20)15-13(21)16-10-7-11(19)17(2)8-14-10/h7-9H,3-6H2,1-2H3,(H2,15,16,21). The van der Waals surface area contributed by atoms with E-state index in [1.807, 2.05) is 6.92 Å². The van der Waals surface area contributed by atoms with E-state index in [0.29, 0.717) is 13.0 Å². The predicted octanol–water partition coefficient (Wildman–Crippen LogP) is -0.0873. The SMILES string of the molecule is CCN1CCCC(NC(=O)Nc2cc(=O)n(C)cn2)C1=O. The summed E-state index contributed by atoms with van der Waals surface area (Å²) < 4.78 is 1.30. The van der Waals surface area contributed by atoms with Gasteiger partial charge in [-0.25, -0.2) is 9.78 Å². The first-order valence-corrected chi connectivity index (χ1v) is 6.90. The Hall–Kier alpha value is -2.38. The predicted molar refractivity (Wildman–Crippen MR) is 76.9 cm³/mol. The van der Waals surface area contributed by atoms with Crippen LogP contribution in [0.3, 0.4) is 0 Å². The third-order valence-electron chi connectivity index (χ3n) is 3.44. The molecule has 1 aliphatic rings. The Bertz CT molecular complexity index is 598. The number of piperidine rings is 1. The fourth-order valence-electron chi connectivity index (χ4n) is 2.23. The number of rotatable bonds is 3. The van der Waals surface area contributed by atoms with Gasteiger partial charge in [-0.2, -0.15) is 0 Å². The molecule has 0 saturated carbocycles. The maximum atomic E-state index is 12.1. The number of carbonyl (C=O) groups excluding carboxylic acids is 2. The first-order chi connectivity index (χ1) is 10.0. The largest absolute Gasteiger partial charge is 0.341 e. The van der Waals surface area contributed by atoms with Crippen molar-refractivity contribution in [1.29, 1.82) is 0 Å². The van der Waals surface area contributed by atoms with Gasteiger partial charge in [0, 0.05) is 26.2 Å². The van der Waals surface area contributed by atoms with Crippen molar-refractivity contribution in [3.8, 4) is 0 Å². The molecule has 0 aromatic carbocycles. The number of anilines is 1. The third-order valence-corrected chi connectivity index (χ3v) is 3.44. The van der Waals surface area contributed by atoms with E-state index in [2.05, 4.69) is 15.6 Å². The molecule has 1 unspecified atom stereocenters. The number of aryl methyl sites for hydroxylation is 1. The van der Waals surface area contributed by atoms with Crippen LogP contribution in [0.2, 0.25) is 0 Å². The zero-order chi connectivity index (χ0) is 15.4. The summed E-state index contributed by atoms with van der Waals surface area (Å²) in [5.74, 6) is 0.0852. The fourth-order valence-corrected chi connectivity index (χ4v) is 2.23. The molecule has 0 bridgehead atoms. The van der Waals surface area contributed by atoms with Crippen molar-refractivity contribution in [1.82, 2.24) is 19.8 Å². The molecule has 1 aliphatic heterocycles. The van der Waals surface area contributed by atoms with E-state index in [0.717, 1.165) is 13.0 Å². The van der Waals surface area contributed by atoms with Gasteiger partial charge in [0.1, 0.15) is 11.9 Å². The van der Waals surface area contributed by atoms with Gasteiger partial charge in [0.05, 0.1) is 6.33 Å². The quantitative estimate of drug-likeness (QED) is 0.814. The molecule has 2 rings (SSSR count). The Morgan fingerprint density at radius 1 is 1.48 bits per heavy atom. The molecule has 21 heavy (non-hydrogen) atoms. The molecule has 1 saturated heterocycles. The molecule has 8 heteroatoms. The number of nitrogens with one attached hydrogen (secondary N) is 2. The van der Waals surface area contributed by atoms with E-state index in [1.165, 1.54) is 17.0 Å². The highest BCUT2D eigenvalue weighted by atomic mass is 16.2. The fraction of sp³-hybridized carbons (Fsp3) is 0.538. The topological polar surface area (TPSA) is 96.3 Å². The molecule has 0 aliphatic carbocycles. The van der Waals surface area contributed by atoms with Crippen LogP contribution in [0.5, 0.6) is 0 Å². The van der Waals surface area contributed by atoms with E-state index < -0.39 is 12.1 Å². The van der Waals surface area contributed by atoms with Crippen molar-refractivity contribution in [3.63, 3.8) is 0 Å². The second-order valence-electron chi connectivity index (χ2n) is 4.93. The Morgan fingerprint density at radius 2 is 2.24 bits per heavy atom. The molecular formula is C13H19N5O3. The van der Waals surface area contributed by atoms with Gasteiger partial charge >= 0.3 is 6.03 Å². The van der Waals surface area contributed by atoms with Gasteiger partial charge in [0.2, 0.25) is 5.91 Å². The van der Waals surface area contributed by atoms with Crippen LogP contribution in [0, 0.1) is 0 Å². The molecule has 1 fully saturated rings. The molecule has 1 aromatic rings.